The fraction of sp³-hybridized carbons (Fsp3) is 0.361. The Balaban J connectivity index is 1.47. The molecule has 4 aromatic rings. The van der Waals surface area contributed by atoms with Gasteiger partial charge in [-0.15, -0.1) is 11.3 Å². The van der Waals surface area contributed by atoms with Crippen molar-refractivity contribution >= 4 is 46.5 Å². The van der Waals surface area contributed by atoms with E-state index in [-0.39, 0.29) is 39.6 Å². The van der Waals surface area contributed by atoms with E-state index in [0.717, 1.165) is 37.3 Å². The monoisotopic (exact) mass is 743 g/mol. The van der Waals surface area contributed by atoms with Crippen LogP contribution in [0.3, 0.4) is 0 Å². The maximum atomic E-state index is 13.5. The number of rotatable bonds is 14. The molecule has 14 heteroatoms. The number of nitrogens with one attached hydrogen (secondary N) is 1. The van der Waals surface area contributed by atoms with Crippen LogP contribution in [0, 0.1) is 11.1 Å². The minimum atomic E-state index is -1.13. The molecule has 1 saturated heterocycles. The van der Waals surface area contributed by atoms with Gasteiger partial charge >= 0.3 is 11.9 Å². The van der Waals surface area contributed by atoms with Gasteiger partial charge in [-0.05, 0) is 92.3 Å². The number of piperidine rings is 1. The zero-order valence-corrected chi connectivity index (χ0v) is 30.2. The summed E-state index contributed by atoms with van der Waals surface area (Å²) in [5.41, 5.74) is 2.17. The van der Waals surface area contributed by atoms with Gasteiger partial charge in [0.1, 0.15) is 26.7 Å². The number of nitrogens with zero attached hydrogens (tertiary/aromatic N) is 2. The molecule has 0 saturated carbocycles. The number of carbonyl (C=O) groups is 2. The van der Waals surface area contributed by atoms with Crippen molar-refractivity contribution in [3.8, 4) is 17.2 Å². The third-order valence-corrected chi connectivity index (χ3v) is 10.7. The summed E-state index contributed by atoms with van der Waals surface area (Å²) in [5, 5.41) is 36.1. The predicted octanol–water partition coefficient (Wildman–Crippen LogP) is 6.20. The summed E-state index contributed by atoms with van der Waals surface area (Å²) >= 11 is 14.1. The van der Waals surface area contributed by atoms with Gasteiger partial charge in [0.15, 0.2) is 23.9 Å². The average Bonchev–Trinajstić information content (AvgIpc) is 3.52. The lowest BCUT2D eigenvalue weighted by Crippen LogP contribution is -2.34. The fourth-order valence-corrected chi connectivity index (χ4v) is 7.74. The van der Waals surface area contributed by atoms with E-state index in [9.17, 15) is 25.0 Å². The molecular formula is C36H39Cl2N3O8S. The van der Waals surface area contributed by atoms with Crippen LogP contribution in [-0.2, 0) is 22.5 Å². The zero-order chi connectivity index (χ0) is 35.9. The molecule has 1 fully saturated rings. The lowest BCUT2D eigenvalue weighted by atomic mass is 9.85. The van der Waals surface area contributed by atoms with Crippen molar-refractivity contribution in [3.05, 3.63) is 108 Å². The number of hydrogen-bond donors (Lipinski definition) is 3. The summed E-state index contributed by atoms with van der Waals surface area (Å²) in [6.45, 7) is 2.29. The minimum absolute atomic E-state index is 0.00230. The molecule has 5 rings (SSSR count). The topological polar surface area (TPSA) is 144 Å². The SMILES string of the molecule is COc1ccc([C@H](Cc2c(Cl)c[n+]([O-])cc2Cl)c2cc(CNC(C(=O)OCC3CCN(C)CC3)c3cccc(O)c3)sc2C(=O)O)cc1OC. The van der Waals surface area contributed by atoms with Gasteiger partial charge in [-0.25, -0.2) is 9.59 Å². The molecule has 1 unspecified atom stereocenters. The molecule has 3 heterocycles. The van der Waals surface area contributed by atoms with E-state index < -0.39 is 23.9 Å². The Labute approximate surface area is 304 Å². The molecule has 1 aliphatic rings. The van der Waals surface area contributed by atoms with Crippen LogP contribution in [0.2, 0.25) is 10.0 Å². The third-order valence-electron chi connectivity index (χ3n) is 8.88. The average molecular weight is 745 g/mol. The first-order valence-electron chi connectivity index (χ1n) is 16.0. The number of aromatic nitrogens is 1. The van der Waals surface area contributed by atoms with Gasteiger partial charge in [0.2, 0.25) is 0 Å². The summed E-state index contributed by atoms with van der Waals surface area (Å²) in [4.78, 5) is 29.2. The number of phenols is 1. The van der Waals surface area contributed by atoms with Crippen molar-refractivity contribution in [2.45, 2.75) is 37.8 Å². The Bertz CT molecular complexity index is 1810. The van der Waals surface area contributed by atoms with Gasteiger partial charge in [0.05, 0.1) is 20.8 Å². The third kappa shape index (κ3) is 8.98. The number of halogens is 2. The summed E-state index contributed by atoms with van der Waals surface area (Å²) in [7, 11) is 5.10. The van der Waals surface area contributed by atoms with Crippen LogP contribution in [0.25, 0.3) is 0 Å². The van der Waals surface area contributed by atoms with E-state index in [1.807, 2.05) is 6.07 Å². The van der Waals surface area contributed by atoms with Gasteiger partial charge in [-0.3, -0.25) is 5.32 Å². The van der Waals surface area contributed by atoms with Crippen LogP contribution in [0.4, 0.5) is 0 Å². The number of ether oxygens (including phenoxy) is 3. The highest BCUT2D eigenvalue weighted by atomic mass is 35.5. The van der Waals surface area contributed by atoms with Crippen LogP contribution < -0.4 is 19.5 Å². The van der Waals surface area contributed by atoms with E-state index in [4.69, 9.17) is 37.4 Å². The summed E-state index contributed by atoms with van der Waals surface area (Å²) < 4.78 is 17.3. The molecule has 0 radical (unpaired) electrons. The standard InChI is InChI=1S/C36H39Cl2N3O8S/c1-40-11-9-21(10-12-40)20-49-36(45)33(23-5-4-6-24(42)13-23)39-17-25-15-27(34(50-25)35(43)44)26(16-28-29(37)18-41(46)19-30(28)38)22-7-8-31(47-2)32(14-22)48-3/h4-8,13-15,18-19,21,26,33,39,42H,9-12,16-17,20H2,1-3H3,(H,43,44)/t26-,33?/m0/s1. The van der Waals surface area contributed by atoms with E-state index >= 15 is 0 Å². The second-order valence-electron chi connectivity index (χ2n) is 12.3. The predicted molar refractivity (Wildman–Crippen MR) is 191 cm³/mol. The Hall–Kier alpha value is -4.07. The lowest BCUT2D eigenvalue weighted by Gasteiger charge is -2.29. The number of aromatic carboxylic acids is 1. The maximum absolute atomic E-state index is 13.5. The molecule has 0 aliphatic carbocycles. The quantitative estimate of drug-likeness (QED) is 0.0776. The Morgan fingerprint density at radius 3 is 2.38 bits per heavy atom. The molecule has 50 heavy (non-hydrogen) atoms. The number of benzene rings is 2. The van der Waals surface area contributed by atoms with E-state index in [1.54, 1.807) is 30.3 Å². The summed E-state index contributed by atoms with van der Waals surface area (Å²) in [6.07, 6.45) is 4.42. The number of aromatic hydroxyl groups is 1. The number of carboxylic acid groups (broad SMARTS) is 1. The number of phenolic OH excluding ortho intramolecular Hbond substituents is 1. The zero-order valence-electron chi connectivity index (χ0n) is 27.9. The Morgan fingerprint density at radius 2 is 1.74 bits per heavy atom. The number of thiophene rings is 1. The van der Waals surface area contributed by atoms with Gasteiger partial charge in [-0.2, -0.15) is 4.73 Å². The molecule has 11 nitrogen and oxygen atoms in total. The van der Waals surface area contributed by atoms with Gasteiger partial charge in [0.25, 0.3) is 0 Å². The molecule has 0 spiro atoms. The smallest absolute Gasteiger partial charge is 0.346 e. The molecule has 266 valence electrons. The fourth-order valence-electron chi connectivity index (χ4n) is 6.13. The highest BCUT2D eigenvalue weighted by Crippen LogP contribution is 2.41. The van der Waals surface area contributed by atoms with Crippen LogP contribution in [0.1, 0.15) is 61.6 Å². The van der Waals surface area contributed by atoms with Crippen molar-refractivity contribution in [3.63, 3.8) is 0 Å². The largest absolute Gasteiger partial charge is 0.619 e. The number of methoxy groups -OCH3 is 2. The Morgan fingerprint density at radius 1 is 1.04 bits per heavy atom. The molecule has 2 aromatic heterocycles. The van der Waals surface area contributed by atoms with Crippen LogP contribution in [0.15, 0.2) is 60.9 Å². The first-order chi connectivity index (χ1) is 24.0. The number of carboxylic acids is 1. The molecular weight excluding hydrogens is 705 g/mol. The molecule has 0 bridgehead atoms. The highest BCUT2D eigenvalue weighted by Gasteiger charge is 2.29. The molecule has 1 aliphatic heterocycles. The Kier molecular flexibility index (Phi) is 12.5. The molecule has 2 aromatic carbocycles. The van der Waals surface area contributed by atoms with Crippen LogP contribution in [0.5, 0.6) is 17.2 Å². The molecule has 0 amide bonds. The van der Waals surface area contributed by atoms with Gasteiger partial charge < -0.3 is 34.5 Å². The van der Waals surface area contributed by atoms with Crippen LogP contribution >= 0.6 is 34.5 Å². The van der Waals surface area contributed by atoms with Crippen molar-refractivity contribution < 1.29 is 38.7 Å². The number of pyridine rings is 1. The highest BCUT2D eigenvalue weighted by molar-refractivity contribution is 7.14. The van der Waals surface area contributed by atoms with E-state index in [2.05, 4.69) is 17.3 Å². The first kappa shape index (κ1) is 37.2. The van der Waals surface area contributed by atoms with E-state index in [1.165, 1.54) is 38.7 Å². The second-order valence-corrected chi connectivity index (χ2v) is 14.2. The second kappa shape index (κ2) is 16.8. The summed E-state index contributed by atoms with van der Waals surface area (Å²) in [6, 6.07) is 12.6. The van der Waals surface area contributed by atoms with E-state index in [0.29, 0.717) is 50.0 Å². The maximum Gasteiger partial charge on any atom is 0.346 e. The van der Waals surface area contributed by atoms with Crippen molar-refractivity contribution in [1.29, 1.82) is 0 Å². The number of carbonyl (C=O) groups excluding carboxylic acids is 1. The number of hydrogen-bond acceptors (Lipinski definition) is 10. The molecule has 3 N–H and O–H groups in total. The minimum Gasteiger partial charge on any atom is -0.619 e. The van der Waals surface area contributed by atoms with Crippen molar-refractivity contribution in [2.75, 3.05) is 41.0 Å². The van der Waals surface area contributed by atoms with Crippen LogP contribution in [-0.4, -0.2) is 68.0 Å². The lowest BCUT2D eigenvalue weighted by molar-refractivity contribution is -0.605. The summed E-state index contributed by atoms with van der Waals surface area (Å²) in [5.74, 6) is -1.01. The van der Waals surface area contributed by atoms with Gasteiger partial charge in [-0.1, -0.05) is 41.4 Å². The first-order valence-corrected chi connectivity index (χ1v) is 17.6. The number of esters is 1. The van der Waals surface area contributed by atoms with Gasteiger partial charge in [0, 0.05) is 22.9 Å². The van der Waals surface area contributed by atoms with Crippen molar-refractivity contribution in [1.82, 2.24) is 10.2 Å². The number of likely N-dealkylation sites (tertiary alicyclic amines) is 1. The van der Waals surface area contributed by atoms with Crippen molar-refractivity contribution in [2.24, 2.45) is 5.92 Å². The normalized spacial score (nSPS) is 15.0. The molecule has 2 atom stereocenters.